The molecule has 0 atom stereocenters. The summed E-state index contributed by atoms with van der Waals surface area (Å²) < 4.78 is 15.5. The van der Waals surface area contributed by atoms with Crippen LogP contribution in [0.4, 0.5) is 11.4 Å². The van der Waals surface area contributed by atoms with E-state index in [9.17, 15) is 14.9 Å². The maximum absolute atomic E-state index is 12.5. The van der Waals surface area contributed by atoms with Crippen LogP contribution in [-0.2, 0) is 16.1 Å². The van der Waals surface area contributed by atoms with Crippen molar-refractivity contribution in [3.05, 3.63) is 76.0 Å². The number of nitro benzene ring substituents is 1. The highest BCUT2D eigenvalue weighted by Gasteiger charge is 2.19. The molecule has 0 saturated carbocycles. The number of nitro groups is 1. The molecule has 1 N–H and O–H groups in total. The number of carbonyl (C=O) groups is 1. The third kappa shape index (κ3) is 5.17. The molecule has 0 amide bonds. The predicted octanol–water partition coefficient (Wildman–Crippen LogP) is 3.67. The Morgan fingerprint density at radius 1 is 1.21 bits per heavy atom. The van der Waals surface area contributed by atoms with Crippen LogP contribution in [0.15, 0.2) is 59.1 Å². The molecule has 0 aliphatic carbocycles. The van der Waals surface area contributed by atoms with E-state index >= 15 is 0 Å². The van der Waals surface area contributed by atoms with Gasteiger partial charge in [-0.3, -0.25) is 10.1 Å². The van der Waals surface area contributed by atoms with Crippen molar-refractivity contribution in [1.29, 1.82) is 0 Å². The van der Waals surface area contributed by atoms with Crippen LogP contribution < -0.4 is 5.32 Å². The number of anilines is 1. The molecule has 9 nitrogen and oxygen atoms in total. The Hall–Kier alpha value is -3.72. The molecule has 0 radical (unpaired) electrons. The van der Waals surface area contributed by atoms with Gasteiger partial charge < -0.3 is 19.3 Å². The van der Waals surface area contributed by atoms with Crippen LogP contribution >= 0.6 is 0 Å². The zero-order chi connectivity index (χ0) is 20.6. The van der Waals surface area contributed by atoms with Crippen molar-refractivity contribution >= 4 is 17.3 Å². The number of ether oxygens (including phenoxy) is 2. The fraction of sp³-hybridized carbons (Fsp3) is 0.200. The lowest BCUT2D eigenvalue weighted by atomic mass is 10.1. The summed E-state index contributed by atoms with van der Waals surface area (Å²) in [5.41, 5.74) is 1.55. The molecule has 2 aromatic carbocycles. The molecule has 0 unspecified atom stereocenters. The maximum atomic E-state index is 12.5. The van der Waals surface area contributed by atoms with Gasteiger partial charge in [0.15, 0.2) is 5.76 Å². The number of nitrogens with zero attached hydrogens (tertiary/aromatic N) is 2. The minimum Gasteiger partial charge on any atom is -0.455 e. The van der Waals surface area contributed by atoms with E-state index in [2.05, 4.69) is 10.5 Å². The molecule has 3 aromatic rings. The largest absolute Gasteiger partial charge is 0.455 e. The summed E-state index contributed by atoms with van der Waals surface area (Å²) in [6, 6.07) is 15.0. The summed E-state index contributed by atoms with van der Waals surface area (Å²) in [7, 11) is 1.55. The average molecular weight is 397 g/mol. The SMILES string of the molecule is COCCNc1ccc([N+](=O)[O-])cc1C(=O)OCc1cc(-c2ccccc2)on1. The lowest BCUT2D eigenvalue weighted by molar-refractivity contribution is -0.384. The van der Waals surface area contributed by atoms with Gasteiger partial charge in [-0.05, 0) is 6.07 Å². The quantitative estimate of drug-likeness (QED) is 0.252. The summed E-state index contributed by atoms with van der Waals surface area (Å²) in [5.74, 6) is -0.160. The second kappa shape index (κ2) is 9.47. The van der Waals surface area contributed by atoms with Crippen molar-refractivity contribution < 1.29 is 23.7 Å². The first kappa shape index (κ1) is 20.0. The zero-order valence-electron chi connectivity index (χ0n) is 15.7. The highest BCUT2D eigenvalue weighted by Crippen LogP contribution is 2.24. The maximum Gasteiger partial charge on any atom is 0.340 e. The normalized spacial score (nSPS) is 10.5. The van der Waals surface area contributed by atoms with Crippen LogP contribution in [0.25, 0.3) is 11.3 Å². The third-order valence-corrected chi connectivity index (χ3v) is 4.02. The number of non-ortho nitro benzene ring substituents is 1. The van der Waals surface area contributed by atoms with E-state index in [-0.39, 0.29) is 17.9 Å². The van der Waals surface area contributed by atoms with Gasteiger partial charge in [-0.2, -0.15) is 0 Å². The fourth-order valence-electron chi connectivity index (χ4n) is 2.59. The van der Waals surface area contributed by atoms with E-state index in [1.807, 2.05) is 30.3 Å². The van der Waals surface area contributed by atoms with Gasteiger partial charge in [-0.15, -0.1) is 0 Å². The molecule has 3 rings (SSSR count). The van der Waals surface area contributed by atoms with Gasteiger partial charge in [0.2, 0.25) is 0 Å². The molecule has 0 saturated heterocycles. The van der Waals surface area contributed by atoms with Crippen LogP contribution in [0.3, 0.4) is 0 Å². The van der Waals surface area contributed by atoms with Crippen LogP contribution in [0.5, 0.6) is 0 Å². The highest BCUT2D eigenvalue weighted by molar-refractivity contribution is 5.96. The molecule has 0 fully saturated rings. The summed E-state index contributed by atoms with van der Waals surface area (Å²) in [6.07, 6.45) is 0. The average Bonchev–Trinajstić information content (AvgIpc) is 3.22. The Balaban J connectivity index is 1.71. The summed E-state index contributed by atoms with van der Waals surface area (Å²) in [6.45, 7) is 0.709. The van der Waals surface area contributed by atoms with Gasteiger partial charge in [0.25, 0.3) is 5.69 Å². The number of methoxy groups -OCH3 is 1. The van der Waals surface area contributed by atoms with Crippen molar-refractivity contribution in [3.63, 3.8) is 0 Å². The Labute approximate surface area is 166 Å². The van der Waals surface area contributed by atoms with Gasteiger partial charge in [0.1, 0.15) is 12.3 Å². The molecular formula is C20H19N3O6. The molecule has 0 bridgehead atoms. The number of benzene rings is 2. The van der Waals surface area contributed by atoms with Crippen molar-refractivity contribution in [2.24, 2.45) is 0 Å². The molecular weight excluding hydrogens is 378 g/mol. The molecule has 29 heavy (non-hydrogen) atoms. The second-order valence-electron chi connectivity index (χ2n) is 6.03. The number of nitrogens with one attached hydrogen (secondary N) is 1. The lowest BCUT2D eigenvalue weighted by Gasteiger charge is -2.11. The molecule has 0 spiro atoms. The first-order valence-electron chi connectivity index (χ1n) is 8.78. The minimum atomic E-state index is -0.710. The molecule has 1 heterocycles. The summed E-state index contributed by atoms with van der Waals surface area (Å²) in [5, 5.41) is 18.0. The van der Waals surface area contributed by atoms with E-state index in [0.29, 0.717) is 30.3 Å². The summed E-state index contributed by atoms with van der Waals surface area (Å²) >= 11 is 0. The minimum absolute atomic E-state index is 0.0575. The number of aromatic nitrogens is 1. The Morgan fingerprint density at radius 3 is 2.72 bits per heavy atom. The van der Waals surface area contributed by atoms with Crippen LogP contribution in [0.2, 0.25) is 0 Å². The van der Waals surface area contributed by atoms with Crippen LogP contribution in [-0.4, -0.2) is 36.3 Å². The monoisotopic (exact) mass is 397 g/mol. The van der Waals surface area contributed by atoms with Crippen molar-refractivity contribution in [2.75, 3.05) is 25.6 Å². The van der Waals surface area contributed by atoms with Gasteiger partial charge in [0, 0.05) is 43.1 Å². The highest BCUT2D eigenvalue weighted by atomic mass is 16.6. The number of carbonyl (C=O) groups excluding carboxylic acids is 1. The van der Waals surface area contributed by atoms with Gasteiger partial charge in [-0.25, -0.2) is 4.79 Å². The number of hydrogen-bond donors (Lipinski definition) is 1. The Kier molecular flexibility index (Phi) is 6.54. The van der Waals surface area contributed by atoms with Crippen molar-refractivity contribution in [3.8, 4) is 11.3 Å². The number of rotatable bonds is 9. The van der Waals surface area contributed by atoms with E-state index in [1.54, 1.807) is 13.2 Å². The second-order valence-corrected chi connectivity index (χ2v) is 6.03. The topological polar surface area (TPSA) is 117 Å². The number of esters is 1. The number of hydrogen-bond acceptors (Lipinski definition) is 8. The third-order valence-electron chi connectivity index (χ3n) is 4.02. The lowest BCUT2D eigenvalue weighted by Crippen LogP contribution is -2.13. The van der Waals surface area contributed by atoms with Crippen molar-refractivity contribution in [2.45, 2.75) is 6.61 Å². The first-order valence-corrected chi connectivity index (χ1v) is 8.78. The van der Waals surface area contributed by atoms with Gasteiger partial charge in [-0.1, -0.05) is 35.5 Å². The smallest absolute Gasteiger partial charge is 0.340 e. The summed E-state index contributed by atoms with van der Waals surface area (Å²) in [4.78, 5) is 23.0. The van der Waals surface area contributed by atoms with E-state index in [1.165, 1.54) is 18.2 Å². The first-order chi connectivity index (χ1) is 14.1. The van der Waals surface area contributed by atoms with Crippen LogP contribution in [0.1, 0.15) is 16.1 Å². The Bertz CT molecular complexity index is 987. The standard InChI is InChI=1S/C20H19N3O6/c1-27-10-9-21-18-8-7-16(23(25)26)12-17(18)20(24)28-13-15-11-19(29-22-15)14-5-3-2-4-6-14/h2-8,11-12,21H,9-10,13H2,1H3. The molecule has 1 aromatic heterocycles. The predicted molar refractivity (Wildman–Crippen MR) is 105 cm³/mol. The molecule has 0 aliphatic rings. The fourth-order valence-corrected chi connectivity index (χ4v) is 2.59. The molecule has 0 aliphatic heterocycles. The van der Waals surface area contributed by atoms with E-state index < -0.39 is 10.9 Å². The van der Waals surface area contributed by atoms with Crippen LogP contribution in [0, 0.1) is 10.1 Å². The molecule has 150 valence electrons. The van der Waals surface area contributed by atoms with Crippen molar-refractivity contribution in [1.82, 2.24) is 5.16 Å². The van der Waals surface area contributed by atoms with Gasteiger partial charge >= 0.3 is 5.97 Å². The molecule has 9 heteroatoms. The van der Waals surface area contributed by atoms with Gasteiger partial charge in [0.05, 0.1) is 17.1 Å². The Morgan fingerprint density at radius 2 is 2.00 bits per heavy atom. The zero-order valence-corrected chi connectivity index (χ0v) is 15.7. The van der Waals surface area contributed by atoms with E-state index in [4.69, 9.17) is 14.0 Å². The van der Waals surface area contributed by atoms with E-state index in [0.717, 1.165) is 5.56 Å².